The van der Waals surface area contributed by atoms with Crippen molar-refractivity contribution in [1.82, 2.24) is 4.98 Å². The van der Waals surface area contributed by atoms with Crippen molar-refractivity contribution < 1.29 is 24.2 Å². The van der Waals surface area contributed by atoms with Crippen LogP contribution < -0.4 is 14.4 Å². The number of rotatable bonds is 7. The van der Waals surface area contributed by atoms with Crippen LogP contribution >= 0.6 is 11.3 Å². The molecule has 5 rings (SSSR count). The Morgan fingerprint density at radius 3 is 2.44 bits per heavy atom. The third-order valence-electron chi connectivity index (χ3n) is 5.95. The highest BCUT2D eigenvalue weighted by Gasteiger charge is 2.48. The summed E-state index contributed by atoms with van der Waals surface area (Å²) < 4.78 is 11.8. The molecule has 1 N–H and O–H groups in total. The van der Waals surface area contributed by atoms with Gasteiger partial charge in [0.15, 0.2) is 5.13 Å². The van der Waals surface area contributed by atoms with Gasteiger partial charge in [-0.15, -0.1) is 0 Å². The molecular formula is C28H24N2O5S. The van der Waals surface area contributed by atoms with E-state index in [1.165, 1.54) is 16.2 Å². The zero-order chi connectivity index (χ0) is 25.2. The first-order chi connectivity index (χ1) is 17.5. The maximum atomic E-state index is 13.4. The number of aliphatic hydroxyl groups excluding tert-OH is 1. The first-order valence-electron chi connectivity index (χ1n) is 11.6. The fourth-order valence-corrected chi connectivity index (χ4v) is 5.21. The number of ketones is 1. The highest BCUT2D eigenvalue weighted by molar-refractivity contribution is 7.22. The van der Waals surface area contributed by atoms with Crippen molar-refractivity contribution in [3.8, 4) is 11.5 Å². The summed E-state index contributed by atoms with van der Waals surface area (Å²) in [5, 5.41) is 11.6. The second-order valence-electron chi connectivity index (χ2n) is 8.28. The lowest BCUT2D eigenvalue weighted by Crippen LogP contribution is -2.29. The minimum Gasteiger partial charge on any atom is -0.507 e. The maximum absolute atomic E-state index is 13.4. The Morgan fingerprint density at radius 2 is 1.75 bits per heavy atom. The molecule has 1 aliphatic rings. The van der Waals surface area contributed by atoms with Gasteiger partial charge in [-0.2, -0.15) is 0 Å². The number of anilines is 1. The molecular weight excluding hydrogens is 476 g/mol. The minimum atomic E-state index is -0.854. The monoisotopic (exact) mass is 500 g/mol. The van der Waals surface area contributed by atoms with Crippen LogP contribution in [0.5, 0.6) is 11.5 Å². The summed E-state index contributed by atoms with van der Waals surface area (Å²) in [7, 11) is 1.58. The molecule has 1 fully saturated rings. The maximum Gasteiger partial charge on any atom is 0.301 e. The quantitative estimate of drug-likeness (QED) is 0.198. The molecule has 0 aliphatic carbocycles. The third-order valence-corrected chi connectivity index (χ3v) is 6.97. The van der Waals surface area contributed by atoms with Crippen LogP contribution in [-0.4, -0.2) is 35.5 Å². The molecule has 8 heteroatoms. The van der Waals surface area contributed by atoms with Gasteiger partial charge in [0.05, 0.1) is 35.5 Å². The topological polar surface area (TPSA) is 89.0 Å². The summed E-state index contributed by atoms with van der Waals surface area (Å²) >= 11 is 1.28. The summed E-state index contributed by atoms with van der Waals surface area (Å²) in [6.07, 6.45) is 0.876. The number of fused-ring (bicyclic) bond motifs is 1. The average Bonchev–Trinajstić information content (AvgIpc) is 3.45. The van der Waals surface area contributed by atoms with Crippen molar-refractivity contribution >= 4 is 44.1 Å². The van der Waals surface area contributed by atoms with Crippen molar-refractivity contribution in [3.63, 3.8) is 0 Å². The molecule has 0 saturated carbocycles. The fraction of sp³-hybridized carbons (Fsp3) is 0.179. The van der Waals surface area contributed by atoms with Crippen LogP contribution in [-0.2, 0) is 9.59 Å². The molecule has 0 bridgehead atoms. The normalized spacial score (nSPS) is 17.1. The summed E-state index contributed by atoms with van der Waals surface area (Å²) in [4.78, 5) is 32.7. The zero-order valence-electron chi connectivity index (χ0n) is 19.8. The number of ether oxygens (including phenoxy) is 2. The van der Waals surface area contributed by atoms with Crippen LogP contribution in [0.2, 0.25) is 0 Å². The van der Waals surface area contributed by atoms with E-state index in [0.717, 1.165) is 11.1 Å². The smallest absolute Gasteiger partial charge is 0.301 e. The number of Topliss-reactive ketones (excluding diaryl/α,β-unsaturated/α-hetero) is 1. The summed E-state index contributed by atoms with van der Waals surface area (Å²) in [5.74, 6) is -0.370. The largest absolute Gasteiger partial charge is 0.507 e. The van der Waals surface area contributed by atoms with E-state index in [9.17, 15) is 14.7 Å². The van der Waals surface area contributed by atoms with Crippen molar-refractivity contribution in [2.75, 3.05) is 18.6 Å². The second kappa shape index (κ2) is 9.83. The molecule has 4 aromatic rings. The Kier molecular flexibility index (Phi) is 6.43. The van der Waals surface area contributed by atoms with E-state index in [1.807, 2.05) is 37.3 Å². The number of carbonyl (C=O) groups is 2. The van der Waals surface area contributed by atoms with E-state index in [-0.39, 0.29) is 11.3 Å². The Bertz CT molecular complexity index is 1460. The van der Waals surface area contributed by atoms with Gasteiger partial charge in [-0.3, -0.25) is 14.5 Å². The molecule has 2 heterocycles. The van der Waals surface area contributed by atoms with Crippen LogP contribution in [0.15, 0.2) is 78.4 Å². The SMILES string of the molecule is CCCOc1ccc([C@@H]2C(=C(O)c3ccccc3)C(=O)C(=O)N2c2nc3ccc(OC)cc3s2)cc1. The molecule has 1 atom stereocenters. The van der Waals surface area contributed by atoms with Gasteiger partial charge in [0.2, 0.25) is 0 Å². The number of nitrogens with zero attached hydrogens (tertiary/aromatic N) is 2. The molecule has 7 nitrogen and oxygen atoms in total. The van der Waals surface area contributed by atoms with E-state index in [4.69, 9.17) is 9.47 Å². The molecule has 0 radical (unpaired) electrons. The Morgan fingerprint density at radius 1 is 1.03 bits per heavy atom. The minimum absolute atomic E-state index is 0.0188. The van der Waals surface area contributed by atoms with Crippen molar-refractivity contribution in [2.45, 2.75) is 19.4 Å². The van der Waals surface area contributed by atoms with E-state index in [0.29, 0.717) is 39.9 Å². The van der Waals surface area contributed by atoms with E-state index in [2.05, 4.69) is 4.98 Å². The lowest BCUT2D eigenvalue weighted by atomic mass is 9.95. The van der Waals surface area contributed by atoms with E-state index in [1.54, 1.807) is 49.6 Å². The predicted octanol–water partition coefficient (Wildman–Crippen LogP) is 5.72. The van der Waals surface area contributed by atoms with Gasteiger partial charge < -0.3 is 14.6 Å². The van der Waals surface area contributed by atoms with Gasteiger partial charge in [-0.1, -0.05) is 60.7 Å². The van der Waals surface area contributed by atoms with Crippen molar-refractivity contribution in [1.29, 1.82) is 0 Å². The second-order valence-corrected chi connectivity index (χ2v) is 9.29. The predicted molar refractivity (Wildman–Crippen MR) is 140 cm³/mol. The van der Waals surface area contributed by atoms with E-state index < -0.39 is 17.7 Å². The number of thiazole rings is 1. The fourth-order valence-electron chi connectivity index (χ4n) is 4.19. The van der Waals surface area contributed by atoms with Gasteiger partial charge in [0, 0.05) is 5.56 Å². The molecule has 0 spiro atoms. The molecule has 3 aromatic carbocycles. The van der Waals surface area contributed by atoms with E-state index >= 15 is 0 Å². The van der Waals surface area contributed by atoms with Gasteiger partial charge in [0.1, 0.15) is 17.3 Å². The van der Waals surface area contributed by atoms with Gasteiger partial charge in [-0.25, -0.2) is 4.98 Å². The Balaban J connectivity index is 1.66. The molecule has 182 valence electrons. The molecule has 1 saturated heterocycles. The number of hydrogen-bond acceptors (Lipinski definition) is 7. The van der Waals surface area contributed by atoms with Crippen LogP contribution in [0.4, 0.5) is 5.13 Å². The van der Waals surface area contributed by atoms with Crippen LogP contribution in [0.3, 0.4) is 0 Å². The lowest BCUT2D eigenvalue weighted by molar-refractivity contribution is -0.132. The molecule has 1 amide bonds. The number of methoxy groups -OCH3 is 1. The number of aromatic nitrogens is 1. The number of carbonyl (C=O) groups excluding carboxylic acids is 2. The standard InChI is InChI=1S/C28H24N2O5S/c1-3-15-35-19-11-9-17(10-12-19)24-23(25(31)18-7-5-4-6-8-18)26(32)27(33)30(24)28-29-21-14-13-20(34-2)16-22(21)36-28/h4-14,16,24,31H,3,15H2,1-2H3/t24-/m1/s1. The Hall–Kier alpha value is -4.17. The third kappa shape index (κ3) is 4.20. The van der Waals surface area contributed by atoms with Gasteiger partial charge in [0.25, 0.3) is 5.78 Å². The average molecular weight is 501 g/mol. The lowest BCUT2D eigenvalue weighted by Gasteiger charge is -2.23. The van der Waals surface area contributed by atoms with Gasteiger partial charge in [-0.05, 0) is 42.3 Å². The first kappa shape index (κ1) is 23.6. The number of amides is 1. The summed E-state index contributed by atoms with van der Waals surface area (Å²) in [6, 6.07) is 20.6. The Labute approximate surface area is 212 Å². The number of benzene rings is 3. The molecule has 1 aromatic heterocycles. The van der Waals surface area contributed by atoms with Crippen LogP contribution in [0.1, 0.15) is 30.5 Å². The highest BCUT2D eigenvalue weighted by atomic mass is 32.1. The first-order valence-corrected chi connectivity index (χ1v) is 12.4. The van der Waals surface area contributed by atoms with Crippen molar-refractivity contribution in [2.24, 2.45) is 0 Å². The summed E-state index contributed by atoms with van der Waals surface area (Å²) in [6.45, 7) is 2.61. The van der Waals surface area contributed by atoms with Gasteiger partial charge >= 0.3 is 5.91 Å². The van der Waals surface area contributed by atoms with Crippen molar-refractivity contribution in [3.05, 3.63) is 89.5 Å². The molecule has 1 aliphatic heterocycles. The summed E-state index contributed by atoms with van der Waals surface area (Å²) in [5.41, 5.74) is 1.82. The number of hydrogen-bond donors (Lipinski definition) is 1. The molecule has 36 heavy (non-hydrogen) atoms. The van der Waals surface area contributed by atoms with Crippen LogP contribution in [0, 0.1) is 0 Å². The molecule has 0 unspecified atom stereocenters. The number of aliphatic hydroxyl groups is 1. The van der Waals surface area contributed by atoms with Crippen LogP contribution in [0.25, 0.3) is 16.0 Å². The highest BCUT2D eigenvalue weighted by Crippen LogP contribution is 2.44. The zero-order valence-corrected chi connectivity index (χ0v) is 20.6.